The zero-order chi connectivity index (χ0) is 13.1. The maximum atomic E-state index is 5.85. The summed E-state index contributed by atoms with van der Waals surface area (Å²) in [4.78, 5) is 0. The molecule has 0 radical (unpaired) electrons. The van der Waals surface area contributed by atoms with Crippen molar-refractivity contribution >= 4 is 21.6 Å². The summed E-state index contributed by atoms with van der Waals surface area (Å²) >= 11 is 3.44. The van der Waals surface area contributed by atoms with Gasteiger partial charge in [0.25, 0.3) is 0 Å². The fourth-order valence-electron chi connectivity index (χ4n) is 2.01. The Balaban J connectivity index is 2.48. The highest BCUT2D eigenvalue weighted by molar-refractivity contribution is 9.10. The molecule has 0 aliphatic heterocycles. The van der Waals surface area contributed by atoms with Crippen molar-refractivity contribution in [2.24, 2.45) is 0 Å². The lowest BCUT2D eigenvalue weighted by Crippen LogP contribution is -2.10. The van der Waals surface area contributed by atoms with Crippen molar-refractivity contribution in [3.05, 3.63) is 22.7 Å². The highest BCUT2D eigenvalue weighted by Crippen LogP contribution is 2.27. The summed E-state index contributed by atoms with van der Waals surface area (Å²) in [6.45, 7) is 4.27. The minimum atomic E-state index is 0.315. The molecule has 0 unspecified atom stereocenters. The van der Waals surface area contributed by atoms with Crippen molar-refractivity contribution in [2.45, 2.75) is 32.7 Å². The first-order valence-corrected chi connectivity index (χ1v) is 6.79. The van der Waals surface area contributed by atoms with Crippen LogP contribution in [0.1, 0.15) is 32.7 Å². The second kappa shape index (κ2) is 5.48. The molecular formula is C12H16BrN5. The predicted octanol–water partition coefficient (Wildman–Crippen LogP) is 3.05. The molecule has 0 aliphatic rings. The molecule has 1 aromatic heterocycles. The fraction of sp³-hybridized carbons (Fsp3) is 0.417. The molecule has 0 bridgehead atoms. The molecular weight excluding hydrogens is 294 g/mol. The maximum Gasteiger partial charge on any atom is 0.182 e. The Hall–Kier alpha value is -1.43. The number of rotatable bonds is 4. The van der Waals surface area contributed by atoms with Crippen LogP contribution in [0.4, 0.5) is 5.69 Å². The normalized spacial score (nSPS) is 11.1. The van der Waals surface area contributed by atoms with Crippen molar-refractivity contribution in [1.29, 1.82) is 0 Å². The first-order valence-electron chi connectivity index (χ1n) is 6.00. The van der Waals surface area contributed by atoms with Crippen LogP contribution >= 0.6 is 15.9 Å². The van der Waals surface area contributed by atoms with E-state index in [-0.39, 0.29) is 0 Å². The van der Waals surface area contributed by atoms with Crippen LogP contribution in [0, 0.1) is 0 Å². The van der Waals surface area contributed by atoms with E-state index in [4.69, 9.17) is 5.73 Å². The van der Waals surface area contributed by atoms with Crippen LogP contribution in [0.5, 0.6) is 0 Å². The van der Waals surface area contributed by atoms with Crippen molar-refractivity contribution in [3.63, 3.8) is 0 Å². The molecule has 0 atom stereocenters. The fourth-order valence-corrected chi connectivity index (χ4v) is 2.52. The van der Waals surface area contributed by atoms with Gasteiger partial charge in [-0.1, -0.05) is 29.8 Å². The number of nitrogens with two attached hydrogens (primary N) is 1. The van der Waals surface area contributed by atoms with Gasteiger partial charge in [-0.2, -0.15) is 0 Å². The quantitative estimate of drug-likeness (QED) is 0.881. The van der Waals surface area contributed by atoms with Gasteiger partial charge in [0.15, 0.2) is 5.82 Å². The summed E-state index contributed by atoms with van der Waals surface area (Å²) in [5, 5.41) is 12.0. The Morgan fingerprint density at radius 1 is 1.28 bits per heavy atom. The lowest BCUT2D eigenvalue weighted by Gasteiger charge is -2.14. The van der Waals surface area contributed by atoms with Gasteiger partial charge in [0, 0.05) is 15.7 Å². The number of nitrogen functional groups attached to an aromatic ring is 1. The standard InChI is InChI=1S/C12H16BrN5/c1-3-11(4-2)18-12(15-16-17-18)8-5-9(13)7-10(14)6-8/h5-7,11H,3-4,14H2,1-2H3. The highest BCUT2D eigenvalue weighted by atomic mass is 79.9. The molecule has 2 rings (SSSR count). The molecule has 0 amide bonds. The zero-order valence-electron chi connectivity index (χ0n) is 10.5. The van der Waals surface area contributed by atoms with Crippen LogP contribution in [-0.2, 0) is 0 Å². The van der Waals surface area contributed by atoms with Gasteiger partial charge < -0.3 is 5.73 Å². The van der Waals surface area contributed by atoms with E-state index in [2.05, 4.69) is 45.3 Å². The average Bonchev–Trinajstić information content (AvgIpc) is 2.78. The van der Waals surface area contributed by atoms with E-state index in [0.717, 1.165) is 28.7 Å². The predicted molar refractivity (Wildman–Crippen MR) is 75.0 cm³/mol. The Kier molecular flexibility index (Phi) is 3.96. The lowest BCUT2D eigenvalue weighted by atomic mass is 10.1. The van der Waals surface area contributed by atoms with Crippen LogP contribution < -0.4 is 5.73 Å². The van der Waals surface area contributed by atoms with Gasteiger partial charge in [-0.3, -0.25) is 0 Å². The molecule has 0 saturated heterocycles. The van der Waals surface area contributed by atoms with Gasteiger partial charge >= 0.3 is 0 Å². The maximum absolute atomic E-state index is 5.85. The molecule has 0 saturated carbocycles. The topological polar surface area (TPSA) is 69.6 Å². The van der Waals surface area contributed by atoms with E-state index in [1.807, 2.05) is 22.9 Å². The van der Waals surface area contributed by atoms with Crippen molar-refractivity contribution < 1.29 is 0 Å². The summed E-state index contributed by atoms with van der Waals surface area (Å²) < 4.78 is 2.80. The third kappa shape index (κ3) is 2.53. The van der Waals surface area contributed by atoms with Gasteiger partial charge in [-0.15, -0.1) is 5.10 Å². The Bertz CT molecular complexity index is 513. The molecule has 0 spiro atoms. The summed E-state index contributed by atoms with van der Waals surface area (Å²) in [5.74, 6) is 0.761. The van der Waals surface area contributed by atoms with Gasteiger partial charge in [0.1, 0.15) is 0 Å². The first kappa shape index (κ1) is 13.0. The molecule has 6 heteroatoms. The number of benzene rings is 1. The number of halogens is 1. The molecule has 96 valence electrons. The minimum Gasteiger partial charge on any atom is -0.399 e. The first-order chi connectivity index (χ1) is 8.65. The van der Waals surface area contributed by atoms with Crippen LogP contribution in [-0.4, -0.2) is 20.2 Å². The number of hydrogen-bond acceptors (Lipinski definition) is 4. The molecule has 0 fully saturated rings. The summed E-state index contributed by atoms with van der Waals surface area (Å²) in [6, 6.07) is 6.03. The molecule has 0 aliphatic carbocycles. The van der Waals surface area contributed by atoms with Gasteiger partial charge in [-0.25, -0.2) is 4.68 Å². The number of nitrogens with zero attached hydrogens (tertiary/aromatic N) is 4. The van der Waals surface area contributed by atoms with Gasteiger partial charge in [-0.05, 0) is 41.5 Å². The third-order valence-corrected chi connectivity index (χ3v) is 3.42. The van der Waals surface area contributed by atoms with Crippen LogP contribution in [0.2, 0.25) is 0 Å². The van der Waals surface area contributed by atoms with Gasteiger partial charge in [0.05, 0.1) is 6.04 Å². The highest BCUT2D eigenvalue weighted by Gasteiger charge is 2.16. The average molecular weight is 310 g/mol. The number of hydrogen-bond donors (Lipinski definition) is 1. The van der Waals surface area contributed by atoms with Crippen LogP contribution in [0.3, 0.4) is 0 Å². The summed E-state index contributed by atoms with van der Waals surface area (Å²) in [5.41, 5.74) is 7.47. The van der Waals surface area contributed by atoms with Gasteiger partial charge in [0.2, 0.25) is 0 Å². The molecule has 1 heterocycles. The Labute approximate surface area is 115 Å². The van der Waals surface area contributed by atoms with E-state index in [0.29, 0.717) is 11.7 Å². The monoisotopic (exact) mass is 309 g/mol. The molecule has 2 N–H and O–H groups in total. The second-order valence-electron chi connectivity index (χ2n) is 4.19. The number of tetrazole rings is 1. The lowest BCUT2D eigenvalue weighted by molar-refractivity contribution is 0.422. The molecule has 2 aromatic rings. The van der Waals surface area contributed by atoms with E-state index in [1.54, 1.807) is 0 Å². The number of anilines is 1. The molecule has 5 nitrogen and oxygen atoms in total. The van der Waals surface area contributed by atoms with Crippen LogP contribution in [0.25, 0.3) is 11.4 Å². The van der Waals surface area contributed by atoms with Crippen molar-refractivity contribution in [3.8, 4) is 11.4 Å². The second-order valence-corrected chi connectivity index (χ2v) is 5.11. The zero-order valence-corrected chi connectivity index (χ0v) is 12.1. The van der Waals surface area contributed by atoms with Crippen molar-refractivity contribution in [1.82, 2.24) is 20.2 Å². The smallest absolute Gasteiger partial charge is 0.182 e. The minimum absolute atomic E-state index is 0.315. The SMILES string of the molecule is CCC(CC)n1nnnc1-c1cc(N)cc(Br)c1. The Morgan fingerprint density at radius 2 is 2.00 bits per heavy atom. The number of aromatic nitrogens is 4. The Morgan fingerprint density at radius 3 is 2.61 bits per heavy atom. The molecule has 1 aromatic carbocycles. The van der Waals surface area contributed by atoms with E-state index in [1.165, 1.54) is 0 Å². The summed E-state index contributed by atoms with van der Waals surface area (Å²) in [6.07, 6.45) is 2.00. The molecule has 18 heavy (non-hydrogen) atoms. The summed E-state index contributed by atoms with van der Waals surface area (Å²) in [7, 11) is 0. The largest absolute Gasteiger partial charge is 0.399 e. The van der Waals surface area contributed by atoms with E-state index in [9.17, 15) is 0 Å². The van der Waals surface area contributed by atoms with Crippen molar-refractivity contribution in [2.75, 3.05) is 5.73 Å². The van der Waals surface area contributed by atoms with Crippen LogP contribution in [0.15, 0.2) is 22.7 Å². The third-order valence-electron chi connectivity index (χ3n) is 2.96. The van der Waals surface area contributed by atoms with E-state index < -0.39 is 0 Å². The van der Waals surface area contributed by atoms with E-state index >= 15 is 0 Å².